The highest BCUT2D eigenvalue weighted by atomic mass is 32.2. The van der Waals surface area contributed by atoms with Gasteiger partial charge >= 0.3 is 0 Å². The van der Waals surface area contributed by atoms with Crippen LogP contribution >= 0.6 is 0 Å². The Morgan fingerprint density at radius 1 is 1.24 bits per heavy atom. The summed E-state index contributed by atoms with van der Waals surface area (Å²) in [6.45, 7) is 9.35. The Balaban J connectivity index is 1.79. The summed E-state index contributed by atoms with van der Waals surface area (Å²) in [5.41, 5.74) is 1.35. The van der Waals surface area contributed by atoms with E-state index >= 15 is 0 Å². The first-order valence-corrected chi connectivity index (χ1v) is 12.2. The number of guanidine groups is 1. The minimum absolute atomic E-state index is 0.0707. The predicted molar refractivity (Wildman–Crippen MR) is 121 cm³/mol. The molecule has 1 aliphatic rings. The molecule has 1 heterocycles. The zero-order chi connectivity index (χ0) is 21.3. The number of nitrogens with one attached hydrogen (secondary N) is 2. The lowest BCUT2D eigenvalue weighted by Crippen LogP contribution is -2.51. The van der Waals surface area contributed by atoms with E-state index in [9.17, 15) is 8.42 Å². The van der Waals surface area contributed by atoms with Crippen LogP contribution in [0, 0.1) is 0 Å². The number of aliphatic imine (C=N–C) groups is 1. The van der Waals surface area contributed by atoms with Crippen molar-refractivity contribution in [2.75, 3.05) is 39.0 Å². The van der Waals surface area contributed by atoms with Crippen molar-refractivity contribution in [3.05, 3.63) is 35.9 Å². The van der Waals surface area contributed by atoms with Gasteiger partial charge in [0.15, 0.2) is 5.96 Å². The van der Waals surface area contributed by atoms with Gasteiger partial charge in [0.2, 0.25) is 10.0 Å². The second-order valence-corrected chi connectivity index (χ2v) is 9.66. The van der Waals surface area contributed by atoms with Crippen molar-refractivity contribution in [1.82, 2.24) is 19.8 Å². The van der Waals surface area contributed by atoms with E-state index in [1.165, 1.54) is 9.87 Å². The molecule has 2 N–H and O–H groups in total. The van der Waals surface area contributed by atoms with Crippen LogP contribution in [-0.4, -0.2) is 74.6 Å². The Bertz CT molecular complexity index is 735. The van der Waals surface area contributed by atoms with Crippen LogP contribution in [0.3, 0.4) is 0 Å². The molecule has 1 aromatic rings. The molecule has 1 aromatic carbocycles. The van der Waals surface area contributed by atoms with Crippen molar-refractivity contribution >= 4 is 16.0 Å². The third-order valence-corrected chi connectivity index (χ3v) is 7.58. The minimum Gasteiger partial charge on any atom is -0.355 e. The van der Waals surface area contributed by atoms with Gasteiger partial charge in [-0.3, -0.25) is 9.89 Å². The molecule has 0 aliphatic carbocycles. The highest BCUT2D eigenvalue weighted by molar-refractivity contribution is 7.89. The Morgan fingerprint density at radius 3 is 2.52 bits per heavy atom. The molecule has 0 spiro atoms. The molecule has 7 nitrogen and oxygen atoms in total. The Labute approximate surface area is 176 Å². The SMILES string of the molecule is CCN(CC)S(=O)(=O)CCNC(=NC)NC1CCN(Cc2ccccc2)C(C)C1. The molecule has 0 amide bonds. The summed E-state index contributed by atoms with van der Waals surface area (Å²) in [7, 11) is -1.50. The minimum atomic E-state index is -3.22. The first-order valence-electron chi connectivity index (χ1n) is 10.6. The van der Waals surface area contributed by atoms with Gasteiger partial charge in [-0.2, -0.15) is 0 Å². The van der Waals surface area contributed by atoms with E-state index in [1.54, 1.807) is 7.05 Å². The monoisotopic (exact) mass is 423 g/mol. The van der Waals surface area contributed by atoms with Gasteiger partial charge in [-0.05, 0) is 25.3 Å². The van der Waals surface area contributed by atoms with Gasteiger partial charge in [-0.1, -0.05) is 44.2 Å². The summed E-state index contributed by atoms with van der Waals surface area (Å²) >= 11 is 0. The molecule has 1 aliphatic heterocycles. The van der Waals surface area contributed by atoms with Gasteiger partial charge in [0.25, 0.3) is 0 Å². The quantitative estimate of drug-likeness (QED) is 0.468. The summed E-state index contributed by atoms with van der Waals surface area (Å²) in [6.07, 6.45) is 2.07. The van der Waals surface area contributed by atoms with Gasteiger partial charge in [0, 0.05) is 51.9 Å². The fraction of sp³-hybridized carbons (Fsp3) is 0.667. The van der Waals surface area contributed by atoms with Crippen molar-refractivity contribution in [1.29, 1.82) is 0 Å². The van der Waals surface area contributed by atoms with E-state index in [1.807, 2.05) is 13.8 Å². The molecule has 1 saturated heterocycles. The van der Waals surface area contributed by atoms with Crippen LogP contribution in [0.5, 0.6) is 0 Å². The smallest absolute Gasteiger partial charge is 0.215 e. The molecule has 1 fully saturated rings. The number of piperidine rings is 1. The predicted octanol–water partition coefficient (Wildman–Crippen LogP) is 1.88. The van der Waals surface area contributed by atoms with E-state index in [-0.39, 0.29) is 5.75 Å². The van der Waals surface area contributed by atoms with Crippen LogP contribution in [0.25, 0.3) is 0 Å². The molecule has 2 unspecified atom stereocenters. The zero-order valence-electron chi connectivity index (χ0n) is 18.3. The molecular weight excluding hydrogens is 386 g/mol. The number of benzene rings is 1. The van der Waals surface area contributed by atoms with Crippen LogP contribution in [0.2, 0.25) is 0 Å². The highest BCUT2D eigenvalue weighted by Gasteiger charge is 2.26. The first kappa shape index (κ1) is 23.6. The van der Waals surface area contributed by atoms with E-state index in [0.29, 0.717) is 37.7 Å². The normalized spacial score (nSPS) is 21.3. The molecular formula is C21H37N5O2S. The standard InChI is InChI=1S/C21H37N5O2S/c1-5-26(6-2)29(27,28)15-13-23-21(22-4)24-20-12-14-25(18(3)16-20)17-19-10-8-7-9-11-19/h7-11,18,20H,5-6,12-17H2,1-4H3,(H2,22,23,24). The third kappa shape index (κ3) is 7.28. The average Bonchev–Trinajstić information content (AvgIpc) is 2.70. The largest absolute Gasteiger partial charge is 0.355 e. The number of likely N-dealkylation sites (tertiary alicyclic amines) is 1. The molecule has 0 saturated carbocycles. The van der Waals surface area contributed by atoms with E-state index < -0.39 is 10.0 Å². The molecule has 8 heteroatoms. The van der Waals surface area contributed by atoms with Crippen LogP contribution < -0.4 is 10.6 Å². The lowest BCUT2D eigenvalue weighted by Gasteiger charge is -2.38. The summed E-state index contributed by atoms with van der Waals surface area (Å²) in [5.74, 6) is 0.745. The zero-order valence-corrected chi connectivity index (χ0v) is 19.1. The summed E-state index contributed by atoms with van der Waals surface area (Å²) in [4.78, 5) is 6.79. The van der Waals surface area contributed by atoms with Crippen molar-refractivity contribution < 1.29 is 8.42 Å². The Hall–Kier alpha value is -1.64. The molecule has 164 valence electrons. The molecule has 2 atom stereocenters. The van der Waals surface area contributed by atoms with Crippen LogP contribution in [0.15, 0.2) is 35.3 Å². The lowest BCUT2D eigenvalue weighted by molar-refractivity contribution is 0.134. The molecule has 0 aromatic heterocycles. The molecule has 0 radical (unpaired) electrons. The molecule has 29 heavy (non-hydrogen) atoms. The number of nitrogens with zero attached hydrogens (tertiary/aromatic N) is 3. The Kier molecular flexibility index (Phi) is 9.39. The van der Waals surface area contributed by atoms with Gasteiger partial charge in [0.1, 0.15) is 0 Å². The number of rotatable bonds is 9. The number of hydrogen-bond donors (Lipinski definition) is 2. The van der Waals surface area contributed by atoms with Crippen LogP contribution in [0.4, 0.5) is 0 Å². The van der Waals surface area contributed by atoms with E-state index in [4.69, 9.17) is 0 Å². The van der Waals surface area contributed by atoms with Crippen LogP contribution in [0.1, 0.15) is 39.2 Å². The Morgan fingerprint density at radius 2 is 1.93 bits per heavy atom. The fourth-order valence-electron chi connectivity index (χ4n) is 3.84. The molecule has 2 rings (SSSR count). The molecule has 0 bridgehead atoms. The van der Waals surface area contributed by atoms with Crippen LogP contribution in [-0.2, 0) is 16.6 Å². The second kappa shape index (κ2) is 11.5. The number of sulfonamides is 1. The maximum absolute atomic E-state index is 12.3. The van der Waals surface area contributed by atoms with Gasteiger partial charge < -0.3 is 10.6 Å². The summed E-state index contributed by atoms with van der Waals surface area (Å²) in [6, 6.07) is 11.4. The van der Waals surface area contributed by atoms with Crippen molar-refractivity contribution in [2.45, 2.75) is 52.2 Å². The summed E-state index contributed by atoms with van der Waals surface area (Å²) in [5, 5.41) is 6.63. The van der Waals surface area contributed by atoms with Crippen molar-refractivity contribution in [3.63, 3.8) is 0 Å². The van der Waals surface area contributed by atoms with Gasteiger partial charge in [-0.15, -0.1) is 0 Å². The summed E-state index contributed by atoms with van der Waals surface area (Å²) < 4.78 is 26.1. The van der Waals surface area contributed by atoms with E-state index in [0.717, 1.165) is 25.9 Å². The van der Waals surface area contributed by atoms with Crippen molar-refractivity contribution in [3.8, 4) is 0 Å². The third-order valence-electron chi connectivity index (χ3n) is 5.56. The van der Waals surface area contributed by atoms with Crippen molar-refractivity contribution in [2.24, 2.45) is 4.99 Å². The lowest BCUT2D eigenvalue weighted by atomic mass is 9.97. The van der Waals surface area contributed by atoms with E-state index in [2.05, 4.69) is 57.8 Å². The highest BCUT2D eigenvalue weighted by Crippen LogP contribution is 2.19. The second-order valence-electron chi connectivity index (χ2n) is 7.57. The van der Waals surface area contributed by atoms with Gasteiger partial charge in [0.05, 0.1) is 5.75 Å². The topological polar surface area (TPSA) is 77.0 Å². The fourth-order valence-corrected chi connectivity index (χ4v) is 5.24. The maximum atomic E-state index is 12.3. The maximum Gasteiger partial charge on any atom is 0.215 e. The number of hydrogen-bond acceptors (Lipinski definition) is 4. The first-order chi connectivity index (χ1) is 13.9. The van der Waals surface area contributed by atoms with Gasteiger partial charge in [-0.25, -0.2) is 12.7 Å². The average molecular weight is 424 g/mol.